The highest BCUT2D eigenvalue weighted by Crippen LogP contribution is 2.33. The fourth-order valence-corrected chi connectivity index (χ4v) is 3.41. The average Bonchev–Trinajstić information content (AvgIpc) is 3.03. The number of anilines is 1. The molecular weight excluding hydrogens is 307 g/mol. The van der Waals surface area contributed by atoms with Crippen LogP contribution in [0.5, 0.6) is 0 Å². The molecule has 1 aliphatic rings. The topological polar surface area (TPSA) is 63.8 Å². The van der Waals surface area contributed by atoms with E-state index in [1.165, 1.54) is 37.7 Å². The minimum absolute atomic E-state index is 0.280. The highest BCUT2D eigenvalue weighted by Gasteiger charge is 2.24. The molecular formula is C18H19FN4O. The van der Waals surface area contributed by atoms with Gasteiger partial charge in [0.25, 0.3) is 5.71 Å². The molecule has 0 unspecified atom stereocenters. The summed E-state index contributed by atoms with van der Waals surface area (Å²) in [5.41, 5.74) is 1.86. The van der Waals surface area contributed by atoms with Crippen molar-refractivity contribution in [2.45, 2.75) is 38.6 Å². The Morgan fingerprint density at radius 3 is 2.71 bits per heavy atom. The SMILES string of the molecule is C[C@@H]1CCCC[C@H]1Nc1ncnc2onc(-c3ccc(F)cc3)c12. The van der Waals surface area contributed by atoms with Crippen molar-refractivity contribution in [1.82, 2.24) is 15.1 Å². The molecule has 1 saturated carbocycles. The summed E-state index contributed by atoms with van der Waals surface area (Å²) in [5.74, 6) is 1.05. The Labute approximate surface area is 139 Å². The van der Waals surface area contributed by atoms with Gasteiger partial charge in [-0.15, -0.1) is 0 Å². The maximum Gasteiger partial charge on any atom is 0.263 e. The number of benzene rings is 1. The third-order valence-corrected chi connectivity index (χ3v) is 4.82. The molecule has 1 aliphatic carbocycles. The molecule has 0 amide bonds. The van der Waals surface area contributed by atoms with Gasteiger partial charge in [-0.3, -0.25) is 0 Å². The molecule has 24 heavy (non-hydrogen) atoms. The van der Waals surface area contributed by atoms with Gasteiger partial charge in [0.05, 0.1) is 0 Å². The summed E-state index contributed by atoms with van der Waals surface area (Å²) in [6, 6.07) is 6.58. The van der Waals surface area contributed by atoms with Crippen LogP contribution in [0.4, 0.5) is 10.2 Å². The maximum absolute atomic E-state index is 13.2. The van der Waals surface area contributed by atoms with Gasteiger partial charge in [0, 0.05) is 11.6 Å². The van der Waals surface area contributed by atoms with Crippen molar-refractivity contribution in [3.8, 4) is 11.3 Å². The van der Waals surface area contributed by atoms with Crippen LogP contribution in [0.15, 0.2) is 35.1 Å². The largest absolute Gasteiger partial charge is 0.366 e. The lowest BCUT2D eigenvalue weighted by atomic mass is 9.86. The lowest BCUT2D eigenvalue weighted by molar-refractivity contribution is 0.349. The van der Waals surface area contributed by atoms with Crippen LogP contribution in [0.2, 0.25) is 0 Å². The van der Waals surface area contributed by atoms with Crippen LogP contribution >= 0.6 is 0 Å². The van der Waals surface area contributed by atoms with Crippen LogP contribution in [0, 0.1) is 11.7 Å². The minimum Gasteiger partial charge on any atom is -0.366 e. The van der Waals surface area contributed by atoms with Crippen LogP contribution in [-0.2, 0) is 0 Å². The first kappa shape index (κ1) is 15.1. The second-order valence-electron chi connectivity index (χ2n) is 6.45. The van der Waals surface area contributed by atoms with E-state index in [1.54, 1.807) is 12.1 Å². The minimum atomic E-state index is -0.280. The van der Waals surface area contributed by atoms with Crippen molar-refractivity contribution in [3.63, 3.8) is 0 Å². The quantitative estimate of drug-likeness (QED) is 0.772. The summed E-state index contributed by atoms with van der Waals surface area (Å²) in [6.07, 6.45) is 6.35. The van der Waals surface area contributed by atoms with Gasteiger partial charge in [-0.25, -0.2) is 9.37 Å². The van der Waals surface area contributed by atoms with E-state index in [2.05, 4.69) is 27.4 Å². The van der Waals surface area contributed by atoms with E-state index in [-0.39, 0.29) is 5.82 Å². The Morgan fingerprint density at radius 2 is 1.92 bits per heavy atom. The number of hydrogen-bond acceptors (Lipinski definition) is 5. The molecule has 1 N–H and O–H groups in total. The van der Waals surface area contributed by atoms with E-state index in [1.807, 2.05) is 0 Å². The first-order chi connectivity index (χ1) is 11.7. The lowest BCUT2D eigenvalue weighted by Crippen LogP contribution is -2.30. The van der Waals surface area contributed by atoms with Crippen LogP contribution in [0.3, 0.4) is 0 Å². The van der Waals surface area contributed by atoms with E-state index < -0.39 is 0 Å². The third-order valence-electron chi connectivity index (χ3n) is 4.82. The molecule has 0 bridgehead atoms. The number of rotatable bonds is 3. The monoisotopic (exact) mass is 326 g/mol. The normalized spacial score (nSPS) is 21.1. The first-order valence-corrected chi connectivity index (χ1v) is 8.35. The zero-order valence-corrected chi connectivity index (χ0v) is 13.5. The van der Waals surface area contributed by atoms with Gasteiger partial charge < -0.3 is 9.84 Å². The van der Waals surface area contributed by atoms with Crippen LogP contribution < -0.4 is 5.32 Å². The Kier molecular flexibility index (Phi) is 3.88. The van der Waals surface area contributed by atoms with Crippen molar-refractivity contribution in [2.24, 2.45) is 5.92 Å². The second-order valence-corrected chi connectivity index (χ2v) is 6.45. The number of nitrogens with one attached hydrogen (secondary N) is 1. The van der Waals surface area contributed by atoms with E-state index in [9.17, 15) is 4.39 Å². The highest BCUT2D eigenvalue weighted by molar-refractivity contribution is 5.97. The number of fused-ring (bicyclic) bond motifs is 1. The van der Waals surface area contributed by atoms with Gasteiger partial charge in [0.15, 0.2) is 0 Å². The molecule has 6 heteroatoms. The van der Waals surface area contributed by atoms with E-state index in [0.717, 1.165) is 23.2 Å². The molecule has 1 fully saturated rings. The fraction of sp³-hybridized carbons (Fsp3) is 0.389. The van der Waals surface area contributed by atoms with Gasteiger partial charge in [-0.05, 0) is 43.0 Å². The van der Waals surface area contributed by atoms with Gasteiger partial charge >= 0.3 is 0 Å². The Morgan fingerprint density at radius 1 is 1.12 bits per heavy atom. The van der Waals surface area contributed by atoms with Crippen LogP contribution in [0.1, 0.15) is 32.6 Å². The zero-order chi connectivity index (χ0) is 16.5. The molecule has 1 aromatic carbocycles. The standard InChI is InChI=1S/C18H19FN4O/c1-11-4-2-3-5-14(11)22-17-15-16(12-6-8-13(19)9-7-12)23-24-18(15)21-10-20-17/h6-11,14H,2-5H2,1H3,(H,20,21,22)/t11-,14-/m1/s1. The fourth-order valence-electron chi connectivity index (χ4n) is 3.41. The maximum atomic E-state index is 13.2. The molecule has 0 radical (unpaired) electrons. The number of halogens is 1. The Hall–Kier alpha value is -2.50. The average molecular weight is 326 g/mol. The van der Waals surface area contributed by atoms with Gasteiger partial charge in [-0.1, -0.05) is 24.9 Å². The number of aromatic nitrogens is 3. The van der Waals surface area contributed by atoms with Crippen molar-refractivity contribution >= 4 is 16.9 Å². The summed E-state index contributed by atoms with van der Waals surface area (Å²) in [7, 11) is 0. The summed E-state index contributed by atoms with van der Waals surface area (Å²) in [4.78, 5) is 8.58. The Balaban J connectivity index is 1.75. The van der Waals surface area contributed by atoms with E-state index in [4.69, 9.17) is 4.52 Å². The molecule has 4 rings (SSSR count). The molecule has 3 aromatic rings. The van der Waals surface area contributed by atoms with Gasteiger partial charge in [0.2, 0.25) is 0 Å². The molecule has 2 heterocycles. The van der Waals surface area contributed by atoms with Crippen molar-refractivity contribution in [3.05, 3.63) is 36.4 Å². The molecule has 0 aliphatic heterocycles. The molecule has 124 valence electrons. The molecule has 0 saturated heterocycles. The summed E-state index contributed by atoms with van der Waals surface area (Å²) in [5, 5.41) is 8.44. The summed E-state index contributed by atoms with van der Waals surface area (Å²) >= 11 is 0. The molecule has 5 nitrogen and oxygen atoms in total. The summed E-state index contributed by atoms with van der Waals surface area (Å²) in [6.45, 7) is 2.27. The van der Waals surface area contributed by atoms with Crippen molar-refractivity contribution < 1.29 is 8.91 Å². The lowest BCUT2D eigenvalue weighted by Gasteiger charge is -2.30. The molecule has 2 aromatic heterocycles. The second kappa shape index (κ2) is 6.19. The van der Waals surface area contributed by atoms with Crippen molar-refractivity contribution in [1.29, 1.82) is 0 Å². The predicted molar refractivity (Wildman–Crippen MR) is 90.0 cm³/mol. The molecule has 0 spiro atoms. The van der Waals surface area contributed by atoms with Gasteiger partial charge in [0.1, 0.15) is 29.0 Å². The predicted octanol–water partition coefficient (Wildman–Crippen LogP) is 4.41. The number of nitrogens with zero attached hydrogens (tertiary/aromatic N) is 3. The van der Waals surface area contributed by atoms with E-state index in [0.29, 0.717) is 23.4 Å². The molecule has 2 atom stereocenters. The zero-order valence-electron chi connectivity index (χ0n) is 13.5. The highest BCUT2D eigenvalue weighted by atomic mass is 19.1. The first-order valence-electron chi connectivity index (χ1n) is 8.35. The van der Waals surface area contributed by atoms with Crippen LogP contribution in [-0.4, -0.2) is 21.2 Å². The third kappa shape index (κ3) is 2.72. The smallest absolute Gasteiger partial charge is 0.263 e. The van der Waals surface area contributed by atoms with E-state index >= 15 is 0 Å². The summed E-state index contributed by atoms with van der Waals surface area (Å²) < 4.78 is 18.5. The Bertz CT molecular complexity index is 846. The van der Waals surface area contributed by atoms with Crippen LogP contribution in [0.25, 0.3) is 22.4 Å². The number of hydrogen-bond donors (Lipinski definition) is 1. The van der Waals surface area contributed by atoms with Gasteiger partial charge in [-0.2, -0.15) is 4.98 Å². The van der Waals surface area contributed by atoms with Crippen molar-refractivity contribution in [2.75, 3.05) is 5.32 Å².